The average molecular weight is 738 g/mol. The van der Waals surface area contributed by atoms with Gasteiger partial charge in [0.25, 0.3) is 0 Å². The number of nitrogens with zero attached hydrogens (tertiary/aromatic N) is 3. The van der Waals surface area contributed by atoms with Crippen LogP contribution < -0.4 is 4.90 Å². The lowest BCUT2D eigenvalue weighted by Crippen LogP contribution is -2.13. The Morgan fingerprint density at radius 3 is 1.67 bits per heavy atom. The third kappa shape index (κ3) is 4.33. The molecule has 9 aromatic carbocycles. The Morgan fingerprint density at radius 2 is 0.897 bits per heavy atom. The van der Waals surface area contributed by atoms with Gasteiger partial charge in [-0.2, -0.15) is 0 Å². The molecule has 0 N–H and O–H groups in total. The van der Waals surface area contributed by atoms with E-state index in [2.05, 4.69) is 214 Å². The van der Waals surface area contributed by atoms with E-state index in [4.69, 9.17) is 0 Å². The van der Waals surface area contributed by atoms with Gasteiger partial charge in [-0.15, -0.1) is 0 Å². The second-order valence-corrected chi connectivity index (χ2v) is 15.7. The molecule has 1 aliphatic rings. The number of fused-ring (bicyclic) bond motifs is 12. The Balaban J connectivity index is 1.03. The van der Waals surface area contributed by atoms with E-state index in [1.807, 2.05) is 0 Å². The van der Waals surface area contributed by atoms with E-state index in [-0.39, 0.29) is 0 Å². The van der Waals surface area contributed by atoms with E-state index in [1.165, 1.54) is 93.3 Å². The molecule has 58 heavy (non-hydrogen) atoms. The van der Waals surface area contributed by atoms with Gasteiger partial charge in [0.2, 0.25) is 0 Å². The fourth-order valence-corrected chi connectivity index (χ4v) is 10.2. The van der Waals surface area contributed by atoms with Gasteiger partial charge < -0.3 is 13.9 Å². The van der Waals surface area contributed by atoms with Crippen LogP contribution in [0.1, 0.15) is 11.1 Å². The molecule has 0 fully saturated rings. The van der Waals surface area contributed by atoms with E-state index < -0.39 is 0 Å². The fraction of sp³-hybridized carbons (Fsp3) is 0.0182. The molecule has 0 bridgehead atoms. The zero-order valence-electron chi connectivity index (χ0n) is 31.6. The lowest BCUT2D eigenvalue weighted by atomic mass is 10.00. The summed E-state index contributed by atoms with van der Waals surface area (Å²) in [5.74, 6) is 0. The smallest absolute Gasteiger partial charge is 0.0702 e. The van der Waals surface area contributed by atoms with Crippen molar-refractivity contribution in [2.45, 2.75) is 6.42 Å². The number of aromatic nitrogens is 2. The zero-order chi connectivity index (χ0) is 37.9. The maximum absolute atomic E-state index is 2.50. The molecule has 3 heterocycles. The molecule has 270 valence electrons. The van der Waals surface area contributed by atoms with Crippen molar-refractivity contribution in [2.75, 3.05) is 4.90 Å². The molecular formula is C55H35N3. The van der Waals surface area contributed by atoms with E-state index in [1.54, 1.807) is 0 Å². The number of benzene rings is 9. The van der Waals surface area contributed by atoms with Gasteiger partial charge in [0, 0.05) is 49.3 Å². The first-order valence-electron chi connectivity index (χ1n) is 20.2. The van der Waals surface area contributed by atoms with Crippen molar-refractivity contribution in [2.24, 2.45) is 0 Å². The van der Waals surface area contributed by atoms with Crippen molar-refractivity contribution in [1.82, 2.24) is 8.97 Å². The standard InChI is InChI=1S/C55H35N3/c1-2-14-40-36(13-1)33-37-29-32-39(34-48(37)40)56(52-25-9-10-26-53(52)57-49-22-6-3-15-42(49)43-16-4-7-23-50(43)57)38-30-27-35(28-31-38)41-18-11-20-46-47-21-12-19-45-44-17-5-8-24-51(44)58(54(41)46)55(45)47/h1-32,34H,33H2. The van der Waals surface area contributed by atoms with Gasteiger partial charge in [0.05, 0.1) is 39.0 Å². The number of para-hydroxylation sites is 7. The molecule has 0 aliphatic heterocycles. The highest BCUT2D eigenvalue weighted by atomic mass is 15.2. The van der Waals surface area contributed by atoms with Gasteiger partial charge in [-0.1, -0.05) is 146 Å². The average Bonchev–Trinajstić information content (AvgIpc) is 4.03. The molecule has 3 aromatic heterocycles. The van der Waals surface area contributed by atoms with Crippen LogP contribution in [-0.4, -0.2) is 8.97 Å². The molecule has 0 saturated carbocycles. The summed E-state index contributed by atoms with van der Waals surface area (Å²) in [6, 6.07) is 73.9. The van der Waals surface area contributed by atoms with Crippen LogP contribution in [0.3, 0.4) is 0 Å². The highest BCUT2D eigenvalue weighted by Gasteiger charge is 2.25. The lowest BCUT2D eigenvalue weighted by molar-refractivity contribution is 1.15. The third-order valence-corrected chi connectivity index (χ3v) is 12.7. The summed E-state index contributed by atoms with van der Waals surface area (Å²) in [4.78, 5) is 2.46. The van der Waals surface area contributed by atoms with Gasteiger partial charge in [0.1, 0.15) is 0 Å². The van der Waals surface area contributed by atoms with Gasteiger partial charge >= 0.3 is 0 Å². The topological polar surface area (TPSA) is 12.6 Å². The maximum atomic E-state index is 2.50. The molecule has 3 heteroatoms. The van der Waals surface area contributed by atoms with Crippen LogP contribution in [0.4, 0.5) is 17.1 Å². The summed E-state index contributed by atoms with van der Waals surface area (Å²) in [7, 11) is 0. The summed E-state index contributed by atoms with van der Waals surface area (Å²) in [5, 5.41) is 7.69. The number of rotatable bonds is 5. The molecule has 3 nitrogen and oxygen atoms in total. The molecule has 0 unspecified atom stereocenters. The lowest BCUT2D eigenvalue weighted by Gasteiger charge is -2.29. The van der Waals surface area contributed by atoms with Crippen LogP contribution in [0, 0.1) is 0 Å². The molecule has 0 saturated heterocycles. The van der Waals surface area contributed by atoms with E-state index in [0.717, 1.165) is 29.2 Å². The third-order valence-electron chi connectivity index (χ3n) is 12.7. The Hall–Kier alpha value is -7.62. The van der Waals surface area contributed by atoms with Crippen LogP contribution in [0.15, 0.2) is 200 Å². The molecule has 1 aliphatic carbocycles. The first-order valence-corrected chi connectivity index (χ1v) is 20.2. The minimum absolute atomic E-state index is 0.965. The number of hydrogen-bond donors (Lipinski definition) is 0. The normalized spacial score (nSPS) is 12.4. The van der Waals surface area contributed by atoms with E-state index >= 15 is 0 Å². The zero-order valence-corrected chi connectivity index (χ0v) is 31.6. The summed E-state index contributed by atoms with van der Waals surface area (Å²) >= 11 is 0. The first kappa shape index (κ1) is 31.6. The van der Waals surface area contributed by atoms with E-state index in [0.29, 0.717) is 0 Å². The molecule has 13 rings (SSSR count). The minimum atomic E-state index is 0.965. The van der Waals surface area contributed by atoms with Crippen LogP contribution in [0.25, 0.3) is 87.8 Å². The molecule has 0 atom stereocenters. The summed E-state index contributed by atoms with van der Waals surface area (Å²) in [6.07, 6.45) is 0.965. The quantitative estimate of drug-likeness (QED) is 0.171. The molecule has 0 amide bonds. The van der Waals surface area contributed by atoms with Gasteiger partial charge in [-0.3, -0.25) is 0 Å². The predicted molar refractivity (Wildman–Crippen MR) is 244 cm³/mol. The molecule has 12 aromatic rings. The maximum Gasteiger partial charge on any atom is 0.0702 e. The summed E-state index contributed by atoms with van der Waals surface area (Å²) < 4.78 is 4.94. The highest BCUT2D eigenvalue weighted by molar-refractivity contribution is 6.25. The minimum Gasteiger partial charge on any atom is -0.308 e. The van der Waals surface area contributed by atoms with Gasteiger partial charge in [0.15, 0.2) is 0 Å². The van der Waals surface area contributed by atoms with Crippen molar-refractivity contribution in [3.8, 4) is 27.9 Å². The molecular weight excluding hydrogens is 703 g/mol. The van der Waals surface area contributed by atoms with Crippen molar-refractivity contribution in [3.05, 3.63) is 211 Å². The van der Waals surface area contributed by atoms with Gasteiger partial charge in [-0.25, -0.2) is 0 Å². The molecule has 0 radical (unpaired) electrons. The summed E-state index contributed by atoms with van der Waals surface area (Å²) in [5.41, 5.74) is 18.5. The Kier molecular flexibility index (Phi) is 6.50. The second-order valence-electron chi connectivity index (χ2n) is 15.7. The predicted octanol–water partition coefficient (Wildman–Crippen LogP) is 14.6. The number of anilines is 3. The van der Waals surface area contributed by atoms with Crippen LogP contribution in [0.5, 0.6) is 0 Å². The van der Waals surface area contributed by atoms with Crippen molar-refractivity contribution >= 4 is 77.0 Å². The first-order chi connectivity index (χ1) is 28.8. The van der Waals surface area contributed by atoms with Crippen LogP contribution in [-0.2, 0) is 6.42 Å². The SMILES string of the molecule is c1ccc2c(c1)Cc1ccc(N(c3ccc(-c4cccc5c6cccc7c8ccccc8n(c45)c76)cc3)c3ccccc3-n3c4ccccc4c4ccccc43)cc1-2. The Labute approximate surface area is 335 Å². The van der Waals surface area contributed by atoms with Crippen molar-refractivity contribution in [3.63, 3.8) is 0 Å². The van der Waals surface area contributed by atoms with Crippen LogP contribution >= 0.6 is 0 Å². The van der Waals surface area contributed by atoms with Crippen molar-refractivity contribution in [1.29, 1.82) is 0 Å². The van der Waals surface area contributed by atoms with Gasteiger partial charge in [-0.05, 0) is 88.8 Å². The fourth-order valence-electron chi connectivity index (χ4n) is 10.2. The second kappa shape index (κ2) is 11.9. The summed E-state index contributed by atoms with van der Waals surface area (Å²) in [6.45, 7) is 0. The molecule has 0 spiro atoms. The van der Waals surface area contributed by atoms with Crippen molar-refractivity contribution < 1.29 is 0 Å². The highest BCUT2D eigenvalue weighted by Crippen LogP contribution is 2.47. The largest absolute Gasteiger partial charge is 0.308 e. The Bertz CT molecular complexity index is 3550. The van der Waals surface area contributed by atoms with E-state index in [9.17, 15) is 0 Å². The monoisotopic (exact) mass is 737 g/mol. The van der Waals surface area contributed by atoms with Crippen LogP contribution in [0.2, 0.25) is 0 Å². The Morgan fingerprint density at radius 1 is 0.362 bits per heavy atom. The number of hydrogen-bond acceptors (Lipinski definition) is 1.